The molecular weight excluding hydrogens is 427 g/mol. The first-order chi connectivity index (χ1) is 14.4. The number of carbonyl (C=O) groups is 1. The third kappa shape index (κ3) is 4.44. The number of hydrogen-bond acceptors (Lipinski definition) is 7. The van der Waals surface area contributed by atoms with E-state index in [9.17, 15) is 17.1 Å². The molecule has 0 saturated carbocycles. The fraction of sp³-hybridized carbons (Fsp3) is 0.0500. The van der Waals surface area contributed by atoms with Gasteiger partial charge in [0.05, 0.1) is 4.90 Å². The van der Waals surface area contributed by atoms with Gasteiger partial charge in [-0.3, -0.25) is 10.1 Å². The van der Waals surface area contributed by atoms with Gasteiger partial charge >= 0.3 is 10.2 Å². The summed E-state index contributed by atoms with van der Waals surface area (Å²) in [5.41, 5.74) is 1.28. The van der Waals surface area contributed by atoms with E-state index in [4.69, 9.17) is 0 Å². The second kappa shape index (κ2) is 8.17. The molecule has 0 unspecified atom stereocenters. The first-order valence-electron chi connectivity index (χ1n) is 8.80. The zero-order valence-corrected chi connectivity index (χ0v) is 17.0. The highest BCUT2D eigenvalue weighted by Gasteiger charge is 2.14. The van der Waals surface area contributed by atoms with Crippen LogP contribution in [0.2, 0.25) is 0 Å². The van der Waals surface area contributed by atoms with E-state index in [1.54, 1.807) is 0 Å². The summed E-state index contributed by atoms with van der Waals surface area (Å²) in [4.78, 5) is 11.8. The Bertz CT molecular complexity index is 1320. The van der Waals surface area contributed by atoms with E-state index in [1.807, 2.05) is 36.4 Å². The van der Waals surface area contributed by atoms with Gasteiger partial charge in [0.15, 0.2) is 0 Å². The van der Waals surface area contributed by atoms with E-state index in [0.717, 1.165) is 28.5 Å². The SMILES string of the molecule is O=C(Nc1nnc(NCc2cccc3ccccc23)s1)c1ccc(S(=O)(=O)F)cc1. The summed E-state index contributed by atoms with van der Waals surface area (Å²) in [6.07, 6.45) is 0. The van der Waals surface area contributed by atoms with Crippen molar-refractivity contribution in [2.24, 2.45) is 0 Å². The molecule has 0 atom stereocenters. The predicted molar refractivity (Wildman–Crippen MR) is 114 cm³/mol. The van der Waals surface area contributed by atoms with Gasteiger partial charge in [-0.05, 0) is 40.6 Å². The first kappa shape index (κ1) is 19.9. The van der Waals surface area contributed by atoms with E-state index in [-0.39, 0.29) is 10.7 Å². The molecule has 0 aliphatic heterocycles. The van der Waals surface area contributed by atoms with Crippen molar-refractivity contribution in [2.45, 2.75) is 11.4 Å². The van der Waals surface area contributed by atoms with Crippen molar-refractivity contribution in [1.29, 1.82) is 0 Å². The lowest BCUT2D eigenvalue weighted by Crippen LogP contribution is -2.11. The predicted octanol–water partition coefficient (Wildman–Crippen LogP) is 4.21. The first-order valence-corrected chi connectivity index (χ1v) is 11.0. The zero-order valence-electron chi connectivity index (χ0n) is 15.4. The Morgan fingerprint density at radius 3 is 2.40 bits per heavy atom. The molecule has 2 N–H and O–H groups in total. The van der Waals surface area contributed by atoms with Crippen LogP contribution in [0.3, 0.4) is 0 Å². The third-order valence-electron chi connectivity index (χ3n) is 4.35. The highest BCUT2D eigenvalue weighted by molar-refractivity contribution is 7.86. The van der Waals surface area contributed by atoms with E-state index in [1.165, 1.54) is 23.5 Å². The van der Waals surface area contributed by atoms with Gasteiger partial charge in [-0.2, -0.15) is 8.42 Å². The van der Waals surface area contributed by atoms with Gasteiger partial charge in [-0.15, -0.1) is 14.1 Å². The lowest BCUT2D eigenvalue weighted by atomic mass is 10.0. The molecule has 30 heavy (non-hydrogen) atoms. The Hall–Kier alpha value is -3.37. The van der Waals surface area contributed by atoms with E-state index >= 15 is 0 Å². The van der Waals surface area contributed by atoms with Gasteiger partial charge < -0.3 is 5.32 Å². The summed E-state index contributed by atoms with van der Waals surface area (Å²) in [6.45, 7) is 0.545. The Kier molecular flexibility index (Phi) is 5.42. The van der Waals surface area contributed by atoms with E-state index in [2.05, 4.69) is 26.9 Å². The van der Waals surface area contributed by atoms with Crippen LogP contribution >= 0.6 is 11.3 Å². The number of hydrogen-bond donors (Lipinski definition) is 2. The third-order valence-corrected chi connectivity index (χ3v) is 5.99. The smallest absolute Gasteiger partial charge is 0.332 e. The molecule has 1 heterocycles. The number of anilines is 2. The van der Waals surface area contributed by atoms with Crippen molar-refractivity contribution < 1.29 is 17.1 Å². The second-order valence-electron chi connectivity index (χ2n) is 6.32. The maximum Gasteiger partial charge on any atom is 0.332 e. The van der Waals surface area contributed by atoms with Crippen LogP contribution in [-0.4, -0.2) is 24.5 Å². The molecule has 0 saturated heterocycles. The van der Waals surface area contributed by atoms with Gasteiger partial charge in [-0.1, -0.05) is 53.8 Å². The topological polar surface area (TPSA) is 101 Å². The Morgan fingerprint density at radius 2 is 1.63 bits per heavy atom. The minimum Gasteiger partial charge on any atom is -0.356 e. The molecule has 0 fully saturated rings. The molecule has 152 valence electrons. The van der Waals surface area contributed by atoms with E-state index in [0.29, 0.717) is 11.7 Å². The number of halogens is 1. The van der Waals surface area contributed by atoms with E-state index < -0.39 is 21.0 Å². The standard InChI is InChI=1S/C20H15FN4O3S2/c21-30(27,28)16-10-8-14(9-11-16)18(26)23-20-25-24-19(29-20)22-12-15-6-3-5-13-4-1-2-7-17(13)15/h1-11H,12H2,(H,22,24)(H,23,25,26). The van der Waals surface area contributed by atoms with Crippen LogP contribution in [-0.2, 0) is 16.8 Å². The molecule has 0 bridgehead atoms. The van der Waals surface area contributed by atoms with Crippen molar-refractivity contribution in [2.75, 3.05) is 10.6 Å². The van der Waals surface area contributed by atoms with Crippen LogP contribution in [0, 0.1) is 0 Å². The molecule has 7 nitrogen and oxygen atoms in total. The molecule has 1 amide bonds. The molecule has 3 aromatic carbocycles. The monoisotopic (exact) mass is 442 g/mol. The number of nitrogens with one attached hydrogen (secondary N) is 2. The van der Waals surface area contributed by atoms with Crippen LogP contribution in [0.15, 0.2) is 71.6 Å². The number of rotatable bonds is 6. The van der Waals surface area contributed by atoms with Crippen LogP contribution < -0.4 is 10.6 Å². The minimum absolute atomic E-state index is 0.169. The normalized spacial score (nSPS) is 11.4. The van der Waals surface area contributed by atoms with Crippen molar-refractivity contribution in [3.63, 3.8) is 0 Å². The molecule has 0 aliphatic rings. The fourth-order valence-electron chi connectivity index (χ4n) is 2.90. The Labute approximate surface area is 175 Å². The molecule has 0 radical (unpaired) electrons. The van der Waals surface area contributed by atoms with Gasteiger partial charge in [0.2, 0.25) is 10.3 Å². The Morgan fingerprint density at radius 1 is 0.933 bits per heavy atom. The molecule has 0 aliphatic carbocycles. The number of nitrogens with zero attached hydrogens (tertiary/aromatic N) is 2. The average Bonchev–Trinajstić information content (AvgIpc) is 3.19. The molecule has 4 aromatic rings. The number of carbonyl (C=O) groups excluding carboxylic acids is 1. The highest BCUT2D eigenvalue weighted by atomic mass is 32.3. The van der Waals surface area contributed by atoms with Crippen molar-refractivity contribution in [1.82, 2.24) is 10.2 Å². The molecule has 0 spiro atoms. The summed E-state index contributed by atoms with van der Waals surface area (Å²) in [5, 5.41) is 16.8. The lowest BCUT2D eigenvalue weighted by molar-refractivity contribution is 0.102. The Balaban J connectivity index is 1.41. The average molecular weight is 442 g/mol. The van der Waals surface area contributed by atoms with Gasteiger partial charge in [-0.25, -0.2) is 0 Å². The van der Waals surface area contributed by atoms with Crippen LogP contribution in [0.4, 0.5) is 14.1 Å². The maximum absolute atomic E-state index is 12.9. The summed E-state index contributed by atoms with van der Waals surface area (Å²) in [5.74, 6) is -0.505. The van der Waals surface area contributed by atoms with Gasteiger partial charge in [0.1, 0.15) is 0 Å². The summed E-state index contributed by atoms with van der Waals surface area (Å²) in [7, 11) is -4.80. The van der Waals surface area contributed by atoms with Gasteiger partial charge in [0, 0.05) is 12.1 Å². The fourth-order valence-corrected chi connectivity index (χ4v) is 4.00. The number of fused-ring (bicyclic) bond motifs is 1. The van der Waals surface area contributed by atoms with Crippen LogP contribution in [0.25, 0.3) is 10.8 Å². The highest BCUT2D eigenvalue weighted by Crippen LogP contribution is 2.24. The van der Waals surface area contributed by atoms with Crippen molar-refractivity contribution >= 4 is 48.5 Å². The maximum atomic E-state index is 12.9. The van der Waals surface area contributed by atoms with Crippen molar-refractivity contribution in [3.05, 3.63) is 77.9 Å². The molecular formula is C20H15FN4O3S2. The number of aromatic nitrogens is 2. The number of amides is 1. The minimum atomic E-state index is -4.80. The lowest BCUT2D eigenvalue weighted by Gasteiger charge is -2.06. The molecule has 1 aromatic heterocycles. The molecule has 4 rings (SSSR count). The quantitative estimate of drug-likeness (QED) is 0.434. The van der Waals surface area contributed by atoms with Crippen LogP contribution in [0.5, 0.6) is 0 Å². The number of benzene rings is 3. The van der Waals surface area contributed by atoms with Gasteiger partial charge in [0.25, 0.3) is 5.91 Å². The second-order valence-corrected chi connectivity index (χ2v) is 8.65. The van der Waals surface area contributed by atoms with Crippen molar-refractivity contribution in [3.8, 4) is 0 Å². The summed E-state index contributed by atoms with van der Waals surface area (Å²) in [6, 6.07) is 18.7. The summed E-state index contributed by atoms with van der Waals surface area (Å²) >= 11 is 1.17. The molecule has 10 heteroatoms. The largest absolute Gasteiger partial charge is 0.356 e. The zero-order chi connectivity index (χ0) is 21.1. The van der Waals surface area contributed by atoms with Crippen LogP contribution in [0.1, 0.15) is 15.9 Å². The summed E-state index contributed by atoms with van der Waals surface area (Å²) < 4.78 is 34.6.